The lowest BCUT2D eigenvalue weighted by Crippen LogP contribution is -2.38. The topological polar surface area (TPSA) is 49.7 Å². The zero-order valence-corrected chi connectivity index (χ0v) is 26.6. The Morgan fingerprint density at radius 3 is 2.02 bits per heavy atom. The molecule has 1 aromatic heterocycles. The Kier molecular flexibility index (Phi) is 10.1. The van der Waals surface area contributed by atoms with E-state index in [0.717, 1.165) is 87.6 Å². The number of aryl methyl sites for hydroxylation is 2. The molecular weight excluding hydrogens is 544 g/mol. The number of amides is 1. The molecule has 44 heavy (non-hydrogen) atoms. The summed E-state index contributed by atoms with van der Waals surface area (Å²) in [6.07, 6.45) is 4.77. The summed E-state index contributed by atoms with van der Waals surface area (Å²) in [4.78, 5) is 19.5. The third kappa shape index (κ3) is 7.09. The van der Waals surface area contributed by atoms with E-state index in [1.165, 1.54) is 41.5 Å². The van der Waals surface area contributed by atoms with Crippen LogP contribution in [0.5, 0.6) is 0 Å². The molecule has 6 heteroatoms. The van der Waals surface area contributed by atoms with E-state index in [2.05, 4.69) is 106 Å². The van der Waals surface area contributed by atoms with Gasteiger partial charge in [-0.3, -0.25) is 9.69 Å². The third-order valence-corrected chi connectivity index (χ3v) is 9.46. The fraction of sp³-hybridized carbons (Fsp3) is 0.447. The van der Waals surface area contributed by atoms with E-state index in [1.54, 1.807) is 0 Å². The molecule has 3 aromatic carbocycles. The third-order valence-electron chi connectivity index (χ3n) is 9.46. The number of carbonyl (C=O) groups is 1. The van der Waals surface area contributed by atoms with Crippen molar-refractivity contribution in [1.82, 2.24) is 19.7 Å². The van der Waals surface area contributed by atoms with Crippen molar-refractivity contribution in [3.05, 3.63) is 106 Å². The van der Waals surface area contributed by atoms with Crippen LogP contribution in [0.3, 0.4) is 0 Å². The van der Waals surface area contributed by atoms with Crippen LogP contribution in [-0.2, 0) is 11.3 Å². The lowest BCUT2D eigenvalue weighted by Gasteiger charge is -2.27. The van der Waals surface area contributed by atoms with Crippen molar-refractivity contribution >= 4 is 16.8 Å². The molecule has 0 spiro atoms. The monoisotopic (exact) mass is 592 g/mol. The highest BCUT2D eigenvalue weighted by molar-refractivity contribution is 6.02. The predicted molar refractivity (Wildman–Crippen MR) is 180 cm³/mol. The number of nitrogens with zero attached hydrogens (tertiary/aromatic N) is 3. The van der Waals surface area contributed by atoms with Crippen molar-refractivity contribution in [1.29, 1.82) is 0 Å². The summed E-state index contributed by atoms with van der Waals surface area (Å²) in [5, 5.41) is 4.53. The maximum atomic E-state index is 14.5. The largest absolute Gasteiger partial charge is 0.379 e. The highest BCUT2D eigenvalue weighted by atomic mass is 16.5. The first-order valence-corrected chi connectivity index (χ1v) is 16.6. The number of para-hydroxylation sites is 1. The number of rotatable bonds is 11. The molecule has 0 saturated carbocycles. The van der Waals surface area contributed by atoms with Gasteiger partial charge in [-0.2, -0.15) is 0 Å². The summed E-state index contributed by atoms with van der Waals surface area (Å²) in [5.41, 5.74) is 7.94. The van der Waals surface area contributed by atoms with Gasteiger partial charge in [-0.1, -0.05) is 84.3 Å². The van der Waals surface area contributed by atoms with Crippen LogP contribution in [-0.4, -0.2) is 79.3 Å². The maximum Gasteiger partial charge on any atom is 0.268 e. The first-order chi connectivity index (χ1) is 21.6. The number of hydrogen-bond donors (Lipinski definition) is 1. The zero-order valence-electron chi connectivity index (χ0n) is 26.6. The van der Waals surface area contributed by atoms with Gasteiger partial charge in [0.15, 0.2) is 0 Å². The van der Waals surface area contributed by atoms with Crippen molar-refractivity contribution in [2.24, 2.45) is 0 Å². The molecule has 2 fully saturated rings. The van der Waals surface area contributed by atoms with Crippen LogP contribution in [0.15, 0.2) is 72.8 Å². The molecular formula is C38H48N4O2. The lowest BCUT2D eigenvalue weighted by atomic mass is 9.83. The summed E-state index contributed by atoms with van der Waals surface area (Å²) >= 11 is 0. The van der Waals surface area contributed by atoms with Crippen molar-refractivity contribution in [3.8, 4) is 0 Å². The fourth-order valence-corrected chi connectivity index (χ4v) is 6.98. The Hall–Kier alpha value is -3.45. The Balaban J connectivity index is 1.41. The van der Waals surface area contributed by atoms with Gasteiger partial charge in [-0.05, 0) is 69.9 Å². The molecule has 2 saturated heterocycles. The first kappa shape index (κ1) is 30.6. The molecule has 1 N–H and O–H groups in total. The average Bonchev–Trinajstić information content (AvgIpc) is 3.39. The van der Waals surface area contributed by atoms with E-state index in [4.69, 9.17) is 4.74 Å². The van der Waals surface area contributed by atoms with Crippen LogP contribution in [0.25, 0.3) is 10.9 Å². The molecule has 0 radical (unpaired) electrons. The predicted octanol–water partition coefficient (Wildman–Crippen LogP) is 6.38. The molecule has 2 aliphatic rings. The van der Waals surface area contributed by atoms with Gasteiger partial charge in [-0.15, -0.1) is 0 Å². The number of aromatic nitrogens is 1. The molecule has 0 atom stereocenters. The summed E-state index contributed by atoms with van der Waals surface area (Å²) in [6.45, 7) is 13.5. The second-order valence-electron chi connectivity index (χ2n) is 12.7. The van der Waals surface area contributed by atoms with Gasteiger partial charge in [0.05, 0.1) is 13.2 Å². The van der Waals surface area contributed by atoms with Gasteiger partial charge in [0.1, 0.15) is 5.69 Å². The van der Waals surface area contributed by atoms with Crippen molar-refractivity contribution in [3.63, 3.8) is 0 Å². The number of carbonyl (C=O) groups excluding carboxylic acids is 1. The number of likely N-dealkylation sites (tertiary alicyclic amines) is 1. The zero-order chi connectivity index (χ0) is 30.3. The number of morpholine rings is 1. The molecule has 0 aliphatic carbocycles. The van der Waals surface area contributed by atoms with E-state index in [0.29, 0.717) is 6.54 Å². The minimum absolute atomic E-state index is 0.0287. The molecule has 0 bridgehead atoms. The van der Waals surface area contributed by atoms with Gasteiger partial charge in [0, 0.05) is 55.1 Å². The van der Waals surface area contributed by atoms with Gasteiger partial charge in [0.25, 0.3) is 5.91 Å². The molecule has 232 valence electrons. The van der Waals surface area contributed by atoms with Gasteiger partial charge in [0.2, 0.25) is 0 Å². The number of fused-ring (bicyclic) bond motifs is 1. The molecule has 4 aromatic rings. The summed E-state index contributed by atoms with van der Waals surface area (Å²) in [6, 6.07) is 26.4. The van der Waals surface area contributed by atoms with Crippen LogP contribution in [0, 0.1) is 13.8 Å². The minimum atomic E-state index is -0.0635. The van der Waals surface area contributed by atoms with E-state index >= 15 is 0 Å². The van der Waals surface area contributed by atoms with E-state index < -0.39 is 0 Å². The second kappa shape index (κ2) is 14.6. The Bertz CT molecular complexity index is 1470. The number of piperidine rings is 1. The molecule has 6 rings (SSSR count). The normalized spacial score (nSPS) is 16.5. The first-order valence-electron chi connectivity index (χ1n) is 16.6. The van der Waals surface area contributed by atoms with E-state index in [9.17, 15) is 4.79 Å². The fourth-order valence-electron chi connectivity index (χ4n) is 6.98. The second-order valence-corrected chi connectivity index (χ2v) is 12.7. The Labute approximate surface area is 263 Å². The molecule has 1 amide bonds. The van der Waals surface area contributed by atoms with Gasteiger partial charge < -0.3 is 19.5 Å². The minimum Gasteiger partial charge on any atom is -0.379 e. The summed E-state index contributed by atoms with van der Waals surface area (Å²) < 4.78 is 7.84. The van der Waals surface area contributed by atoms with E-state index in [-0.39, 0.29) is 11.8 Å². The number of benzene rings is 3. The molecule has 0 unspecified atom stereocenters. The van der Waals surface area contributed by atoms with Crippen LogP contribution >= 0.6 is 0 Å². The number of nitrogens with one attached hydrogen (secondary N) is 1. The number of hydrogen-bond acceptors (Lipinski definition) is 4. The van der Waals surface area contributed by atoms with E-state index in [1.807, 2.05) is 0 Å². The molecule has 3 heterocycles. The average molecular weight is 593 g/mol. The molecule has 2 aliphatic heterocycles. The van der Waals surface area contributed by atoms with Crippen LogP contribution in [0.2, 0.25) is 0 Å². The van der Waals surface area contributed by atoms with Gasteiger partial charge in [-0.25, -0.2) is 0 Å². The Morgan fingerprint density at radius 1 is 0.750 bits per heavy atom. The van der Waals surface area contributed by atoms with Crippen LogP contribution < -0.4 is 5.32 Å². The lowest BCUT2D eigenvalue weighted by molar-refractivity contribution is 0.0374. The summed E-state index contributed by atoms with van der Waals surface area (Å²) in [5.74, 6) is -0.0347. The Morgan fingerprint density at radius 2 is 1.36 bits per heavy atom. The van der Waals surface area contributed by atoms with Crippen molar-refractivity contribution in [2.45, 2.75) is 52.0 Å². The highest BCUT2D eigenvalue weighted by Crippen LogP contribution is 2.40. The SMILES string of the molecule is Cc1ccc(C(c2ccc(C)cc2)c2c(C(=O)NCCCN3CCOCC3)n(CCN3CCCCC3)c3ccccc23)cc1. The standard InChI is InChI=1S/C38H48N4O2/c1-29-11-15-31(16-12-29)35(32-17-13-30(2)14-18-32)36-33-9-4-5-10-34(33)42(24-23-40-20-6-3-7-21-40)37(36)38(43)39-19-8-22-41-25-27-44-28-26-41/h4-5,9-18,35H,3,6-8,19-28H2,1-2H3,(H,39,43). The number of ether oxygens (including phenoxy) is 1. The van der Waals surface area contributed by atoms with Crippen LogP contribution in [0.1, 0.15) is 69.9 Å². The quantitative estimate of drug-likeness (QED) is 0.206. The van der Waals surface area contributed by atoms with Gasteiger partial charge >= 0.3 is 0 Å². The molecule has 6 nitrogen and oxygen atoms in total. The highest BCUT2D eigenvalue weighted by Gasteiger charge is 2.30. The summed E-state index contributed by atoms with van der Waals surface area (Å²) in [7, 11) is 0. The van der Waals surface area contributed by atoms with Crippen molar-refractivity contribution in [2.75, 3.05) is 59.0 Å². The maximum absolute atomic E-state index is 14.5. The van der Waals surface area contributed by atoms with Crippen molar-refractivity contribution < 1.29 is 9.53 Å². The van der Waals surface area contributed by atoms with Crippen LogP contribution in [0.4, 0.5) is 0 Å². The smallest absolute Gasteiger partial charge is 0.268 e.